The normalized spacial score (nSPS) is 10.5. The van der Waals surface area contributed by atoms with Crippen molar-refractivity contribution < 1.29 is 29.1 Å². The van der Waals surface area contributed by atoms with Gasteiger partial charge in [0.1, 0.15) is 5.78 Å². The average molecular weight is 530 g/mol. The molecule has 2 aromatic rings. The maximum Gasteiger partial charge on any atom is 0.303 e. The highest BCUT2D eigenvalue weighted by molar-refractivity contribution is 9.10. The number of aliphatic carboxylic acids is 1. The Bertz CT molecular complexity index is 1050. The van der Waals surface area contributed by atoms with Gasteiger partial charge in [-0.1, -0.05) is 52.7 Å². The van der Waals surface area contributed by atoms with Crippen LogP contribution in [0.5, 0.6) is 0 Å². The van der Waals surface area contributed by atoms with Gasteiger partial charge in [-0.05, 0) is 43.5 Å². The molecule has 8 heteroatoms. The number of carbonyl (C=O) groups is 5. The molecule has 0 spiro atoms. The third kappa shape index (κ3) is 8.67. The molecule has 2 aromatic carbocycles. The Labute approximate surface area is 207 Å². The van der Waals surface area contributed by atoms with Crippen LogP contribution in [0.15, 0.2) is 53.0 Å². The average Bonchev–Trinajstić information content (AvgIpc) is 2.80. The first-order valence-corrected chi connectivity index (χ1v) is 11.9. The van der Waals surface area contributed by atoms with E-state index < -0.39 is 17.8 Å². The molecule has 7 nitrogen and oxygen atoms in total. The molecule has 0 aliphatic carbocycles. The predicted molar refractivity (Wildman–Crippen MR) is 131 cm³/mol. The molecular formula is C26H28BrNO6. The lowest BCUT2D eigenvalue weighted by Crippen LogP contribution is -2.38. The number of rotatable bonds is 13. The van der Waals surface area contributed by atoms with Gasteiger partial charge in [0.15, 0.2) is 5.78 Å². The van der Waals surface area contributed by atoms with E-state index in [2.05, 4.69) is 15.9 Å². The predicted octanol–water partition coefficient (Wildman–Crippen LogP) is 4.99. The van der Waals surface area contributed by atoms with Crippen LogP contribution in [0.3, 0.4) is 0 Å². The third-order valence-corrected chi connectivity index (χ3v) is 5.86. The van der Waals surface area contributed by atoms with Crippen molar-refractivity contribution >= 4 is 45.3 Å². The lowest BCUT2D eigenvalue weighted by molar-refractivity contribution is -0.140. The number of benzene rings is 2. The summed E-state index contributed by atoms with van der Waals surface area (Å²) in [6.07, 6.45) is 1.06. The highest BCUT2D eigenvalue weighted by Crippen LogP contribution is 2.15. The molecule has 0 aliphatic rings. The van der Waals surface area contributed by atoms with E-state index >= 15 is 0 Å². The van der Waals surface area contributed by atoms with Crippen LogP contribution in [0.25, 0.3) is 0 Å². The zero-order valence-corrected chi connectivity index (χ0v) is 20.7. The van der Waals surface area contributed by atoms with Crippen molar-refractivity contribution in [1.82, 2.24) is 4.90 Å². The van der Waals surface area contributed by atoms with Crippen LogP contribution in [0.2, 0.25) is 0 Å². The smallest absolute Gasteiger partial charge is 0.303 e. The molecule has 0 radical (unpaired) electrons. The van der Waals surface area contributed by atoms with Gasteiger partial charge in [-0.3, -0.25) is 28.9 Å². The van der Waals surface area contributed by atoms with Crippen LogP contribution in [-0.2, 0) is 14.4 Å². The molecule has 1 N–H and O–H groups in total. The number of halogens is 1. The summed E-state index contributed by atoms with van der Waals surface area (Å²) >= 11 is 3.30. The second-order valence-corrected chi connectivity index (χ2v) is 8.93. The van der Waals surface area contributed by atoms with Gasteiger partial charge in [0.25, 0.3) is 5.91 Å². The molecular weight excluding hydrogens is 502 g/mol. The number of carboxylic acids is 1. The minimum atomic E-state index is -1.10. The van der Waals surface area contributed by atoms with Crippen LogP contribution in [0, 0.1) is 6.92 Å². The maximum atomic E-state index is 13.0. The third-order valence-electron chi connectivity index (χ3n) is 5.34. The van der Waals surface area contributed by atoms with Crippen LogP contribution in [-0.4, -0.2) is 45.9 Å². The Morgan fingerprint density at radius 1 is 0.853 bits per heavy atom. The number of hydrogen-bond acceptors (Lipinski definition) is 5. The van der Waals surface area contributed by atoms with Gasteiger partial charge in [-0.2, -0.15) is 0 Å². The Morgan fingerprint density at radius 2 is 1.53 bits per heavy atom. The zero-order chi connectivity index (χ0) is 25.1. The van der Waals surface area contributed by atoms with Gasteiger partial charge in [-0.15, -0.1) is 0 Å². The zero-order valence-electron chi connectivity index (χ0n) is 19.1. The summed E-state index contributed by atoms with van der Waals surface area (Å²) in [6, 6.07) is 13.7. The van der Waals surface area contributed by atoms with E-state index in [1.807, 2.05) is 0 Å². The minimum Gasteiger partial charge on any atom is -0.481 e. The fourth-order valence-electron chi connectivity index (χ4n) is 3.42. The summed E-state index contributed by atoms with van der Waals surface area (Å²) in [5.74, 6) is -2.47. The molecule has 0 aliphatic heterocycles. The summed E-state index contributed by atoms with van der Waals surface area (Å²) in [6.45, 7) is 1.91. The van der Waals surface area contributed by atoms with Crippen LogP contribution in [0.4, 0.5) is 0 Å². The van der Waals surface area contributed by atoms with E-state index in [0.29, 0.717) is 30.4 Å². The number of amides is 2. The van der Waals surface area contributed by atoms with Gasteiger partial charge in [-0.25, -0.2) is 0 Å². The Balaban J connectivity index is 1.86. The SMILES string of the molecule is Cc1ccccc1C(=O)N(CCCCCC(=O)CC(=O)c1ccc(Br)cc1)C(=O)CCC(=O)O. The van der Waals surface area contributed by atoms with Crippen molar-refractivity contribution in [2.24, 2.45) is 0 Å². The number of Topliss-reactive ketones (excluding diaryl/α,β-unsaturated/α-hetero) is 2. The number of unbranched alkanes of at least 4 members (excludes halogenated alkanes) is 2. The lowest BCUT2D eigenvalue weighted by atomic mass is 10.0. The lowest BCUT2D eigenvalue weighted by Gasteiger charge is -2.21. The first-order chi connectivity index (χ1) is 16.2. The summed E-state index contributed by atoms with van der Waals surface area (Å²) in [7, 11) is 0. The number of carbonyl (C=O) groups excluding carboxylic acids is 4. The van der Waals surface area contributed by atoms with Gasteiger partial charge < -0.3 is 5.11 Å². The standard InChI is InChI=1S/C26H28BrNO6/c1-18-7-4-5-9-22(18)26(34)28(24(31)14-15-25(32)33)16-6-2-3-8-21(29)17-23(30)19-10-12-20(27)13-11-19/h4-5,7,9-13H,2-3,6,8,14-17H2,1H3,(H,32,33). The molecule has 0 aromatic heterocycles. The molecule has 0 heterocycles. The summed E-state index contributed by atoms with van der Waals surface area (Å²) in [5, 5.41) is 8.88. The van der Waals surface area contributed by atoms with E-state index in [9.17, 15) is 24.0 Å². The molecule has 0 fully saturated rings. The van der Waals surface area contributed by atoms with E-state index in [0.717, 1.165) is 14.9 Å². The van der Waals surface area contributed by atoms with E-state index in [-0.39, 0.29) is 43.8 Å². The maximum absolute atomic E-state index is 13.0. The van der Waals surface area contributed by atoms with Crippen molar-refractivity contribution in [3.8, 4) is 0 Å². The number of ketones is 2. The van der Waals surface area contributed by atoms with Gasteiger partial charge in [0, 0.05) is 35.0 Å². The summed E-state index contributed by atoms with van der Waals surface area (Å²) in [4.78, 5) is 61.9. The topological polar surface area (TPSA) is 109 Å². The fraction of sp³-hybridized carbons (Fsp3) is 0.346. The summed E-state index contributed by atoms with van der Waals surface area (Å²) < 4.78 is 0.853. The number of imide groups is 1. The Morgan fingerprint density at radius 3 is 2.18 bits per heavy atom. The number of nitrogens with zero attached hydrogens (tertiary/aromatic N) is 1. The molecule has 0 atom stereocenters. The Kier molecular flexibility index (Phi) is 10.8. The van der Waals surface area contributed by atoms with Crippen molar-refractivity contribution in [3.63, 3.8) is 0 Å². The Hall–Kier alpha value is -3.13. The highest BCUT2D eigenvalue weighted by Gasteiger charge is 2.24. The largest absolute Gasteiger partial charge is 0.481 e. The van der Waals surface area contributed by atoms with Crippen molar-refractivity contribution in [2.75, 3.05) is 6.54 Å². The molecule has 2 amide bonds. The molecule has 0 unspecified atom stereocenters. The quantitative estimate of drug-likeness (QED) is 0.222. The van der Waals surface area contributed by atoms with Crippen molar-refractivity contribution in [1.29, 1.82) is 0 Å². The van der Waals surface area contributed by atoms with Crippen molar-refractivity contribution in [2.45, 2.75) is 51.9 Å². The van der Waals surface area contributed by atoms with E-state index in [4.69, 9.17) is 5.11 Å². The van der Waals surface area contributed by atoms with E-state index in [1.165, 1.54) is 0 Å². The number of aryl methyl sites for hydroxylation is 1. The molecule has 0 bridgehead atoms. The fourth-order valence-corrected chi connectivity index (χ4v) is 3.69. The summed E-state index contributed by atoms with van der Waals surface area (Å²) in [5.41, 5.74) is 1.61. The molecule has 0 saturated heterocycles. The van der Waals surface area contributed by atoms with Crippen LogP contribution >= 0.6 is 15.9 Å². The van der Waals surface area contributed by atoms with Gasteiger partial charge >= 0.3 is 5.97 Å². The first kappa shape index (κ1) is 27.1. The molecule has 180 valence electrons. The molecule has 2 rings (SSSR count). The van der Waals surface area contributed by atoms with Crippen LogP contribution < -0.4 is 0 Å². The number of carboxylic acid groups (broad SMARTS) is 1. The number of hydrogen-bond donors (Lipinski definition) is 1. The molecule has 34 heavy (non-hydrogen) atoms. The second-order valence-electron chi connectivity index (χ2n) is 8.02. The van der Waals surface area contributed by atoms with Gasteiger partial charge in [0.2, 0.25) is 5.91 Å². The monoisotopic (exact) mass is 529 g/mol. The molecule has 0 saturated carbocycles. The first-order valence-electron chi connectivity index (χ1n) is 11.1. The highest BCUT2D eigenvalue weighted by atomic mass is 79.9. The van der Waals surface area contributed by atoms with E-state index in [1.54, 1.807) is 55.5 Å². The van der Waals surface area contributed by atoms with Gasteiger partial charge in [0.05, 0.1) is 12.8 Å². The van der Waals surface area contributed by atoms with Crippen molar-refractivity contribution in [3.05, 3.63) is 69.7 Å². The van der Waals surface area contributed by atoms with Crippen LogP contribution in [0.1, 0.15) is 71.2 Å². The minimum absolute atomic E-state index is 0.137. The second kappa shape index (κ2) is 13.5.